The maximum absolute atomic E-state index is 5.02. The van der Waals surface area contributed by atoms with Crippen LogP contribution in [0.15, 0.2) is 64.6 Å². The van der Waals surface area contributed by atoms with Crippen LogP contribution in [0.3, 0.4) is 0 Å². The number of aliphatic imine (C=N–C) groups is 2. The summed E-state index contributed by atoms with van der Waals surface area (Å²) in [6.45, 7) is 17.2. The van der Waals surface area contributed by atoms with Crippen molar-refractivity contribution in [3.05, 3.63) is 105 Å². The third-order valence-electron chi connectivity index (χ3n) is 6.32. The van der Waals surface area contributed by atoms with Crippen molar-refractivity contribution in [3.63, 3.8) is 0 Å². The summed E-state index contributed by atoms with van der Waals surface area (Å²) >= 11 is 0. The molecule has 0 aliphatic carbocycles. The van der Waals surface area contributed by atoms with Gasteiger partial charge in [-0.15, -0.1) is 5.10 Å². The molecule has 5 heteroatoms. The zero-order valence-corrected chi connectivity index (χ0v) is 22.6. The molecule has 184 valence electrons. The minimum Gasteiger partial charge on any atom is -0.249 e. The minimum absolute atomic E-state index is 0.609. The third kappa shape index (κ3) is 5.51. The van der Waals surface area contributed by atoms with Crippen molar-refractivity contribution in [2.24, 2.45) is 9.98 Å². The van der Waals surface area contributed by atoms with Gasteiger partial charge in [-0.1, -0.05) is 65.7 Å². The molecule has 1 aromatic heterocycles. The lowest BCUT2D eigenvalue weighted by Crippen LogP contribution is -2.11. The van der Waals surface area contributed by atoms with E-state index in [-0.39, 0.29) is 0 Å². The second kappa shape index (κ2) is 10.4. The number of nitrogens with zero attached hydrogens (tertiary/aromatic N) is 5. The summed E-state index contributed by atoms with van der Waals surface area (Å²) in [6.07, 6.45) is 0. The number of benzene rings is 3. The number of aromatic nitrogens is 3. The monoisotopic (exact) mass is 477 g/mol. The smallest absolute Gasteiger partial charge is 0.195 e. The maximum Gasteiger partial charge on any atom is 0.195 e. The normalized spacial score (nSPS) is 12.3. The van der Waals surface area contributed by atoms with E-state index in [1.807, 2.05) is 36.7 Å². The van der Waals surface area contributed by atoms with E-state index >= 15 is 0 Å². The first-order valence-electron chi connectivity index (χ1n) is 12.4. The predicted octanol–water partition coefficient (Wildman–Crippen LogP) is 7.46. The highest BCUT2D eigenvalue weighted by Gasteiger charge is 2.17. The van der Waals surface area contributed by atoms with Crippen molar-refractivity contribution < 1.29 is 0 Å². The predicted molar refractivity (Wildman–Crippen MR) is 151 cm³/mol. The van der Waals surface area contributed by atoms with Crippen LogP contribution >= 0.6 is 0 Å². The maximum atomic E-state index is 5.02. The summed E-state index contributed by atoms with van der Waals surface area (Å²) in [5, 5.41) is 4.89. The molecule has 0 spiro atoms. The van der Waals surface area contributed by atoms with Gasteiger partial charge in [0.25, 0.3) is 0 Å². The van der Waals surface area contributed by atoms with E-state index in [1.54, 1.807) is 0 Å². The first kappa shape index (κ1) is 25.2. The Morgan fingerprint density at radius 3 is 1.67 bits per heavy atom. The Kier molecular flexibility index (Phi) is 7.30. The average Bonchev–Trinajstić information content (AvgIpc) is 3.23. The summed E-state index contributed by atoms with van der Waals surface area (Å²) in [5.74, 6) is 1.37. The van der Waals surface area contributed by atoms with Crippen LogP contribution in [0.5, 0.6) is 0 Å². The van der Waals surface area contributed by atoms with Crippen LogP contribution in [0.2, 0.25) is 0 Å². The Bertz CT molecular complexity index is 1430. The van der Waals surface area contributed by atoms with Crippen LogP contribution in [0.1, 0.15) is 64.4 Å². The van der Waals surface area contributed by atoms with Gasteiger partial charge in [0.05, 0.1) is 29.3 Å². The molecule has 0 amide bonds. The molecule has 0 N–H and O–H groups in total. The summed E-state index contributed by atoms with van der Waals surface area (Å²) < 4.78 is 1.94. The van der Waals surface area contributed by atoms with Crippen LogP contribution in [0.4, 0.5) is 11.4 Å². The highest BCUT2D eigenvalue weighted by molar-refractivity contribution is 6.01. The molecule has 0 aliphatic heterocycles. The summed E-state index contributed by atoms with van der Waals surface area (Å²) in [6, 6.07) is 19.0. The quantitative estimate of drug-likeness (QED) is 0.271. The van der Waals surface area contributed by atoms with Gasteiger partial charge >= 0.3 is 0 Å². The number of hydrogen-bond acceptors (Lipinski definition) is 4. The fourth-order valence-electron chi connectivity index (χ4n) is 4.76. The summed E-state index contributed by atoms with van der Waals surface area (Å²) in [7, 11) is 0. The summed E-state index contributed by atoms with van der Waals surface area (Å²) in [5.41, 5.74) is 11.8. The molecule has 0 fully saturated rings. The van der Waals surface area contributed by atoms with Gasteiger partial charge in [0, 0.05) is 0 Å². The van der Waals surface area contributed by atoms with E-state index in [4.69, 9.17) is 20.1 Å². The molecule has 0 saturated heterocycles. The zero-order valence-electron chi connectivity index (χ0n) is 22.6. The van der Waals surface area contributed by atoms with Gasteiger partial charge in [-0.25, -0.2) is 19.7 Å². The van der Waals surface area contributed by atoms with Gasteiger partial charge in [0.15, 0.2) is 11.6 Å². The lowest BCUT2D eigenvalue weighted by molar-refractivity contribution is 0.676. The van der Waals surface area contributed by atoms with Gasteiger partial charge in [-0.05, 0) is 83.2 Å². The molecule has 3 aromatic carbocycles. The number of aryl methyl sites for hydroxylation is 6. The lowest BCUT2D eigenvalue weighted by atomic mass is 10.1. The molecule has 0 bridgehead atoms. The molecule has 0 atom stereocenters. The van der Waals surface area contributed by atoms with E-state index in [2.05, 4.69) is 77.9 Å². The number of hydrogen-bond donors (Lipinski definition) is 0. The molecule has 0 saturated carbocycles. The highest BCUT2D eigenvalue weighted by atomic mass is 15.4. The molecule has 0 radical (unpaired) electrons. The Balaban J connectivity index is 1.81. The van der Waals surface area contributed by atoms with E-state index in [0.717, 1.165) is 56.4 Å². The Morgan fingerprint density at radius 1 is 0.694 bits per heavy atom. The molecule has 5 nitrogen and oxygen atoms in total. The molecule has 4 aromatic rings. The molecule has 0 aliphatic rings. The Hall–Kier alpha value is -3.86. The van der Waals surface area contributed by atoms with Crippen LogP contribution in [0.25, 0.3) is 0 Å². The van der Waals surface area contributed by atoms with E-state index in [9.17, 15) is 0 Å². The zero-order chi connectivity index (χ0) is 26.0. The molecular weight excluding hydrogens is 442 g/mol. The van der Waals surface area contributed by atoms with E-state index in [1.165, 1.54) is 11.1 Å². The molecule has 0 unspecified atom stereocenters. The van der Waals surface area contributed by atoms with Crippen molar-refractivity contribution >= 4 is 22.8 Å². The van der Waals surface area contributed by atoms with Gasteiger partial charge in [-0.2, -0.15) is 0 Å². The minimum atomic E-state index is 0.609. The van der Waals surface area contributed by atoms with Crippen molar-refractivity contribution in [2.45, 2.75) is 61.9 Å². The average molecular weight is 478 g/mol. The van der Waals surface area contributed by atoms with Crippen molar-refractivity contribution in [3.8, 4) is 0 Å². The fraction of sp³-hybridized carbons (Fsp3) is 0.290. The first-order chi connectivity index (χ1) is 17.1. The fourth-order valence-corrected chi connectivity index (χ4v) is 4.76. The lowest BCUT2D eigenvalue weighted by Gasteiger charge is -2.09. The summed E-state index contributed by atoms with van der Waals surface area (Å²) in [4.78, 5) is 14.9. The van der Waals surface area contributed by atoms with Crippen LogP contribution in [0, 0.1) is 41.5 Å². The van der Waals surface area contributed by atoms with E-state index < -0.39 is 0 Å². The Labute approximate surface area is 214 Å². The largest absolute Gasteiger partial charge is 0.249 e. The standard InChI is InChI=1S/C31H35N5/c1-19-14-21(3)28(22(4)15-19)32-25(7)30-34-31(36(35-30)18-27-12-10-9-11-13-27)26(8)33-29-23(5)16-20(2)17-24(29)6/h9-17H,18H2,1-8H3. The van der Waals surface area contributed by atoms with Gasteiger partial charge in [-0.3, -0.25) is 0 Å². The second-order valence-corrected chi connectivity index (χ2v) is 9.79. The first-order valence-corrected chi connectivity index (χ1v) is 12.4. The van der Waals surface area contributed by atoms with E-state index in [0.29, 0.717) is 12.4 Å². The van der Waals surface area contributed by atoms with Gasteiger partial charge in [0.1, 0.15) is 0 Å². The van der Waals surface area contributed by atoms with Crippen molar-refractivity contribution in [2.75, 3.05) is 0 Å². The third-order valence-corrected chi connectivity index (χ3v) is 6.32. The Morgan fingerprint density at radius 2 is 1.17 bits per heavy atom. The van der Waals surface area contributed by atoms with Crippen LogP contribution < -0.4 is 0 Å². The second-order valence-electron chi connectivity index (χ2n) is 9.79. The molecule has 4 rings (SSSR count). The van der Waals surface area contributed by atoms with Gasteiger partial charge in [0.2, 0.25) is 0 Å². The van der Waals surface area contributed by atoms with Crippen LogP contribution in [-0.4, -0.2) is 26.2 Å². The molecule has 36 heavy (non-hydrogen) atoms. The topological polar surface area (TPSA) is 55.4 Å². The number of rotatable bonds is 6. The SMILES string of the molecule is CC(=Nc1c(C)cc(C)cc1C)c1nc(C(C)=Nc2c(C)cc(C)cc2C)n(Cc2ccccc2)n1. The van der Waals surface area contributed by atoms with Gasteiger partial charge < -0.3 is 0 Å². The highest BCUT2D eigenvalue weighted by Crippen LogP contribution is 2.27. The van der Waals surface area contributed by atoms with Crippen molar-refractivity contribution in [1.82, 2.24) is 14.8 Å². The molecular formula is C31H35N5. The molecule has 1 heterocycles. The van der Waals surface area contributed by atoms with Crippen LogP contribution in [-0.2, 0) is 6.54 Å². The van der Waals surface area contributed by atoms with Crippen molar-refractivity contribution in [1.29, 1.82) is 0 Å².